The van der Waals surface area contributed by atoms with Crippen molar-refractivity contribution in [3.05, 3.63) is 34.8 Å². The van der Waals surface area contributed by atoms with Crippen molar-refractivity contribution in [1.29, 1.82) is 0 Å². The smallest absolute Gasteiger partial charge is 0.347 e. The molecule has 112 valence electrons. The molecule has 1 aromatic heterocycles. The van der Waals surface area contributed by atoms with E-state index in [1.54, 1.807) is 0 Å². The van der Waals surface area contributed by atoms with Gasteiger partial charge in [-0.3, -0.25) is 0 Å². The van der Waals surface area contributed by atoms with Crippen LogP contribution in [0.2, 0.25) is 0 Å². The Labute approximate surface area is 127 Å². The van der Waals surface area contributed by atoms with Crippen molar-refractivity contribution in [1.82, 2.24) is 4.98 Å². The van der Waals surface area contributed by atoms with Gasteiger partial charge in [0.1, 0.15) is 10.6 Å². The lowest BCUT2D eigenvalue weighted by Crippen LogP contribution is -2.07. The summed E-state index contributed by atoms with van der Waals surface area (Å²) < 4.78 is 5.73. The zero-order valence-electron chi connectivity index (χ0n) is 12.2. The van der Waals surface area contributed by atoms with E-state index in [9.17, 15) is 4.79 Å². The Hall–Kier alpha value is -2.08. The predicted molar refractivity (Wildman–Crippen MR) is 83.9 cm³/mol. The van der Waals surface area contributed by atoms with E-state index >= 15 is 0 Å². The normalized spacial score (nSPS) is 10.7. The second-order valence-electron chi connectivity index (χ2n) is 4.74. The molecule has 1 heterocycles. The maximum atomic E-state index is 11.2. The summed E-state index contributed by atoms with van der Waals surface area (Å²) in [7, 11) is 0. The van der Waals surface area contributed by atoms with Crippen LogP contribution in [-0.2, 0) is 6.42 Å². The van der Waals surface area contributed by atoms with Crippen LogP contribution in [0.4, 0.5) is 10.8 Å². The van der Waals surface area contributed by atoms with Gasteiger partial charge in [-0.15, -0.1) is 0 Å². The molecule has 0 aliphatic rings. The van der Waals surface area contributed by atoms with Crippen molar-refractivity contribution in [3.63, 3.8) is 0 Å². The number of carbonyl (C=O) groups is 1. The Morgan fingerprint density at radius 2 is 2.14 bits per heavy atom. The summed E-state index contributed by atoms with van der Waals surface area (Å²) in [5.41, 5.74) is 1.37. The van der Waals surface area contributed by atoms with Crippen LogP contribution < -0.4 is 10.1 Å². The van der Waals surface area contributed by atoms with Gasteiger partial charge < -0.3 is 15.2 Å². The summed E-state index contributed by atoms with van der Waals surface area (Å²) in [6.45, 7) is 5.80. The topological polar surface area (TPSA) is 71.5 Å². The highest BCUT2D eigenvalue weighted by Crippen LogP contribution is 2.31. The van der Waals surface area contributed by atoms with Gasteiger partial charge in [0.25, 0.3) is 0 Å². The number of benzene rings is 1. The number of para-hydroxylation sites is 2. The number of hydrogen-bond acceptors (Lipinski definition) is 5. The summed E-state index contributed by atoms with van der Waals surface area (Å²) in [5, 5.41) is 12.9. The highest BCUT2D eigenvalue weighted by atomic mass is 32.1. The highest BCUT2D eigenvalue weighted by molar-refractivity contribution is 7.17. The van der Waals surface area contributed by atoms with Crippen molar-refractivity contribution in [3.8, 4) is 5.75 Å². The number of carboxylic acid groups (broad SMARTS) is 1. The van der Waals surface area contributed by atoms with Crippen LogP contribution in [0, 0.1) is 0 Å². The Morgan fingerprint density at radius 3 is 2.71 bits per heavy atom. The first-order chi connectivity index (χ1) is 10.0. The molecule has 0 bridgehead atoms. The molecular formula is C15H18N2O3S. The average molecular weight is 306 g/mol. The van der Waals surface area contributed by atoms with Gasteiger partial charge in [-0.25, -0.2) is 9.78 Å². The monoisotopic (exact) mass is 306 g/mol. The van der Waals surface area contributed by atoms with Crippen LogP contribution in [0.15, 0.2) is 24.3 Å². The number of hydrogen-bond donors (Lipinski definition) is 2. The van der Waals surface area contributed by atoms with Crippen LogP contribution in [0.1, 0.15) is 36.1 Å². The number of rotatable bonds is 6. The molecule has 0 atom stereocenters. The van der Waals surface area contributed by atoms with Crippen LogP contribution in [0.3, 0.4) is 0 Å². The zero-order valence-corrected chi connectivity index (χ0v) is 13.0. The highest BCUT2D eigenvalue weighted by Gasteiger charge is 2.16. The van der Waals surface area contributed by atoms with Gasteiger partial charge in [0.2, 0.25) is 0 Å². The molecule has 6 heteroatoms. The molecule has 0 radical (unpaired) electrons. The van der Waals surface area contributed by atoms with E-state index in [4.69, 9.17) is 9.84 Å². The van der Waals surface area contributed by atoms with Crippen molar-refractivity contribution in [2.45, 2.75) is 33.3 Å². The molecule has 0 saturated heterocycles. The SMILES string of the molecule is CCc1nc(Nc2ccccc2OC(C)C)sc1C(=O)O. The largest absolute Gasteiger partial charge is 0.489 e. The van der Waals surface area contributed by atoms with Crippen molar-refractivity contribution in [2.24, 2.45) is 0 Å². The second-order valence-corrected chi connectivity index (χ2v) is 5.74. The third kappa shape index (κ3) is 3.72. The molecule has 0 fully saturated rings. The van der Waals surface area contributed by atoms with E-state index in [0.29, 0.717) is 17.2 Å². The number of thiazole rings is 1. The van der Waals surface area contributed by atoms with E-state index in [-0.39, 0.29) is 11.0 Å². The maximum absolute atomic E-state index is 11.2. The molecule has 0 unspecified atom stereocenters. The molecule has 0 aliphatic carbocycles. The minimum absolute atomic E-state index is 0.0602. The Kier molecular flexibility index (Phi) is 4.80. The fraction of sp³-hybridized carbons (Fsp3) is 0.333. The fourth-order valence-electron chi connectivity index (χ4n) is 1.85. The van der Waals surface area contributed by atoms with Gasteiger partial charge in [0.15, 0.2) is 5.13 Å². The molecule has 2 rings (SSSR count). The molecule has 21 heavy (non-hydrogen) atoms. The lowest BCUT2D eigenvalue weighted by Gasteiger charge is -2.14. The van der Waals surface area contributed by atoms with Gasteiger partial charge in [-0.1, -0.05) is 30.4 Å². The molecule has 0 amide bonds. The molecular weight excluding hydrogens is 288 g/mol. The first-order valence-electron chi connectivity index (χ1n) is 6.77. The molecule has 0 aliphatic heterocycles. The van der Waals surface area contributed by atoms with E-state index in [2.05, 4.69) is 10.3 Å². The van der Waals surface area contributed by atoms with E-state index in [1.807, 2.05) is 45.0 Å². The van der Waals surface area contributed by atoms with Gasteiger partial charge >= 0.3 is 5.97 Å². The standard InChI is InChI=1S/C15H18N2O3S/c1-4-10-13(14(18)19)21-15(16-10)17-11-7-5-6-8-12(11)20-9(2)3/h5-9H,4H2,1-3H3,(H,16,17)(H,18,19). The number of aromatic nitrogens is 1. The maximum Gasteiger partial charge on any atom is 0.347 e. The first kappa shape index (κ1) is 15.3. The first-order valence-corrected chi connectivity index (χ1v) is 7.58. The van der Waals surface area contributed by atoms with Crippen LogP contribution in [0.5, 0.6) is 5.75 Å². The van der Waals surface area contributed by atoms with Crippen LogP contribution >= 0.6 is 11.3 Å². The van der Waals surface area contributed by atoms with E-state index in [0.717, 1.165) is 22.8 Å². The fourth-order valence-corrected chi connectivity index (χ4v) is 2.76. The zero-order chi connectivity index (χ0) is 15.4. The number of carboxylic acids is 1. The number of nitrogens with one attached hydrogen (secondary N) is 1. The van der Waals surface area contributed by atoms with E-state index in [1.165, 1.54) is 0 Å². The summed E-state index contributed by atoms with van der Waals surface area (Å²) in [6.07, 6.45) is 0.647. The number of aryl methyl sites for hydroxylation is 1. The summed E-state index contributed by atoms with van der Waals surface area (Å²) in [6, 6.07) is 7.53. The third-order valence-electron chi connectivity index (χ3n) is 2.72. The van der Waals surface area contributed by atoms with Gasteiger partial charge in [0, 0.05) is 0 Å². The molecule has 1 aromatic carbocycles. The van der Waals surface area contributed by atoms with Crippen LogP contribution in [0.25, 0.3) is 0 Å². The quantitative estimate of drug-likeness (QED) is 0.846. The summed E-state index contributed by atoms with van der Waals surface area (Å²) in [5.74, 6) is -0.221. The number of ether oxygens (including phenoxy) is 1. The lowest BCUT2D eigenvalue weighted by atomic mass is 10.3. The van der Waals surface area contributed by atoms with Crippen molar-refractivity contribution < 1.29 is 14.6 Å². The minimum Gasteiger partial charge on any atom is -0.489 e. The van der Waals surface area contributed by atoms with Gasteiger partial charge in [-0.05, 0) is 32.4 Å². The Morgan fingerprint density at radius 1 is 1.43 bits per heavy atom. The average Bonchev–Trinajstić information content (AvgIpc) is 2.84. The summed E-state index contributed by atoms with van der Waals surface area (Å²) in [4.78, 5) is 15.8. The molecule has 0 spiro atoms. The van der Waals surface area contributed by atoms with Gasteiger partial charge in [0.05, 0.1) is 17.5 Å². The Bertz CT molecular complexity index is 638. The van der Waals surface area contributed by atoms with Crippen molar-refractivity contribution >= 4 is 28.1 Å². The third-order valence-corrected chi connectivity index (χ3v) is 3.72. The summed E-state index contributed by atoms with van der Waals surface area (Å²) >= 11 is 1.14. The number of anilines is 2. The number of nitrogens with zero attached hydrogens (tertiary/aromatic N) is 1. The number of aromatic carboxylic acids is 1. The van der Waals surface area contributed by atoms with E-state index < -0.39 is 5.97 Å². The Balaban J connectivity index is 2.28. The van der Waals surface area contributed by atoms with Crippen molar-refractivity contribution in [2.75, 3.05) is 5.32 Å². The molecule has 2 aromatic rings. The molecule has 0 saturated carbocycles. The van der Waals surface area contributed by atoms with Crippen LogP contribution in [-0.4, -0.2) is 22.2 Å². The molecule has 2 N–H and O–H groups in total. The predicted octanol–water partition coefficient (Wildman–Crippen LogP) is 3.93. The second kappa shape index (κ2) is 6.58. The van der Waals surface area contributed by atoms with Gasteiger partial charge in [-0.2, -0.15) is 0 Å². The molecule has 5 nitrogen and oxygen atoms in total. The lowest BCUT2D eigenvalue weighted by molar-refractivity contribution is 0.0701. The minimum atomic E-state index is -0.941.